The van der Waals surface area contributed by atoms with Crippen molar-refractivity contribution in [3.8, 4) is 17.0 Å². The topological polar surface area (TPSA) is 61.5 Å². The molecule has 1 amide bonds. The van der Waals surface area contributed by atoms with Crippen molar-refractivity contribution >= 4 is 29.1 Å². The zero-order valence-corrected chi connectivity index (χ0v) is 18.1. The molecular weight excluding hydrogens is 423 g/mol. The second-order valence-electron chi connectivity index (χ2n) is 7.16. The molecule has 1 aliphatic rings. The number of hydrogen-bond acceptors (Lipinski definition) is 4. The molecule has 0 unspecified atom stereocenters. The Balaban J connectivity index is 1.37. The van der Waals surface area contributed by atoms with Gasteiger partial charge in [-0.2, -0.15) is 5.10 Å². The smallest absolute Gasteiger partial charge is 0.271 e. The number of halogens is 2. The van der Waals surface area contributed by atoms with Gasteiger partial charge in [0.05, 0.1) is 12.8 Å². The summed E-state index contributed by atoms with van der Waals surface area (Å²) >= 11 is 12.6. The fourth-order valence-electron chi connectivity index (χ4n) is 3.53. The highest BCUT2D eigenvalue weighted by Gasteiger charge is 2.24. The van der Waals surface area contributed by atoms with Gasteiger partial charge in [-0.3, -0.25) is 14.8 Å². The Morgan fingerprint density at radius 2 is 1.73 bits per heavy atom. The summed E-state index contributed by atoms with van der Waals surface area (Å²) in [7, 11) is 1.63. The van der Waals surface area contributed by atoms with E-state index in [0.717, 1.165) is 35.7 Å². The lowest BCUT2D eigenvalue weighted by molar-refractivity contribution is 0.0622. The summed E-state index contributed by atoms with van der Waals surface area (Å²) in [5, 5.41) is 8.51. The van der Waals surface area contributed by atoms with Crippen LogP contribution in [-0.2, 0) is 6.54 Å². The van der Waals surface area contributed by atoms with Crippen molar-refractivity contribution in [2.45, 2.75) is 6.54 Å². The number of nitrogens with zero attached hydrogens (tertiary/aromatic N) is 3. The molecule has 0 saturated carbocycles. The molecule has 1 saturated heterocycles. The summed E-state index contributed by atoms with van der Waals surface area (Å²) in [6, 6.07) is 14.9. The first-order valence-electron chi connectivity index (χ1n) is 9.69. The highest BCUT2D eigenvalue weighted by Crippen LogP contribution is 2.26. The highest BCUT2D eigenvalue weighted by atomic mass is 35.5. The van der Waals surface area contributed by atoms with Crippen LogP contribution in [0.15, 0.2) is 48.5 Å². The van der Waals surface area contributed by atoms with E-state index in [4.69, 9.17) is 27.9 Å². The van der Waals surface area contributed by atoms with E-state index < -0.39 is 0 Å². The molecule has 6 nitrogen and oxygen atoms in total. The van der Waals surface area contributed by atoms with Crippen LogP contribution in [0.25, 0.3) is 11.3 Å². The molecule has 0 atom stereocenters. The lowest BCUT2D eigenvalue weighted by Crippen LogP contribution is -2.48. The molecular formula is C22H22Cl2N4O2. The van der Waals surface area contributed by atoms with E-state index >= 15 is 0 Å². The SMILES string of the molecule is COc1ccc(-c2cc(C(=O)N3CCN(Cc4c(Cl)cccc4Cl)CC3)[nH]n2)cc1. The number of benzene rings is 2. The summed E-state index contributed by atoms with van der Waals surface area (Å²) in [6.07, 6.45) is 0. The quantitative estimate of drug-likeness (QED) is 0.635. The average Bonchev–Trinajstić information content (AvgIpc) is 3.27. The van der Waals surface area contributed by atoms with Gasteiger partial charge in [0.15, 0.2) is 0 Å². The zero-order chi connectivity index (χ0) is 21.1. The minimum Gasteiger partial charge on any atom is -0.497 e. The molecule has 0 aliphatic carbocycles. The first kappa shape index (κ1) is 20.7. The van der Waals surface area contributed by atoms with Gasteiger partial charge in [0.2, 0.25) is 0 Å². The number of H-pyrrole nitrogens is 1. The van der Waals surface area contributed by atoms with Crippen molar-refractivity contribution in [3.05, 3.63) is 69.8 Å². The number of ether oxygens (including phenoxy) is 1. The first-order chi connectivity index (χ1) is 14.5. The standard InChI is InChI=1S/C22H22Cl2N4O2/c1-30-16-7-5-15(6-8-16)20-13-21(26-25-20)22(29)28-11-9-27(10-12-28)14-17-18(23)3-2-4-19(17)24/h2-8,13H,9-12,14H2,1H3,(H,25,26). The maximum Gasteiger partial charge on any atom is 0.271 e. The predicted octanol–water partition coefficient (Wildman–Crippen LogP) is 4.35. The van der Waals surface area contributed by atoms with Crippen molar-refractivity contribution < 1.29 is 9.53 Å². The minimum absolute atomic E-state index is 0.0438. The molecule has 2 heterocycles. The third-order valence-electron chi connectivity index (χ3n) is 5.30. The predicted molar refractivity (Wildman–Crippen MR) is 118 cm³/mol. The largest absolute Gasteiger partial charge is 0.497 e. The van der Waals surface area contributed by atoms with Gasteiger partial charge in [0.1, 0.15) is 11.4 Å². The van der Waals surface area contributed by atoms with E-state index in [9.17, 15) is 4.79 Å². The van der Waals surface area contributed by atoms with Crippen molar-refractivity contribution in [3.63, 3.8) is 0 Å². The fraction of sp³-hybridized carbons (Fsp3) is 0.273. The number of aromatic nitrogens is 2. The van der Waals surface area contributed by atoms with Gasteiger partial charge in [0.25, 0.3) is 5.91 Å². The molecule has 1 fully saturated rings. The van der Waals surface area contributed by atoms with Crippen LogP contribution in [-0.4, -0.2) is 59.2 Å². The number of carbonyl (C=O) groups is 1. The molecule has 0 bridgehead atoms. The lowest BCUT2D eigenvalue weighted by atomic mass is 10.1. The van der Waals surface area contributed by atoms with Crippen molar-refractivity contribution in [2.24, 2.45) is 0 Å². The number of aromatic amines is 1. The van der Waals surface area contributed by atoms with Gasteiger partial charge >= 0.3 is 0 Å². The minimum atomic E-state index is -0.0438. The maximum atomic E-state index is 12.9. The molecule has 1 N–H and O–H groups in total. The van der Waals surface area contributed by atoms with E-state index in [0.29, 0.717) is 35.4 Å². The Morgan fingerprint density at radius 1 is 1.07 bits per heavy atom. The van der Waals surface area contributed by atoms with Gasteiger partial charge in [-0.15, -0.1) is 0 Å². The van der Waals surface area contributed by atoms with E-state index in [1.54, 1.807) is 13.2 Å². The number of carbonyl (C=O) groups excluding carboxylic acids is 1. The number of methoxy groups -OCH3 is 1. The average molecular weight is 445 g/mol. The third kappa shape index (κ3) is 4.46. The zero-order valence-electron chi connectivity index (χ0n) is 16.6. The first-order valence-corrected chi connectivity index (χ1v) is 10.4. The van der Waals surface area contributed by atoms with Crippen molar-refractivity contribution in [1.29, 1.82) is 0 Å². The Bertz CT molecular complexity index is 1010. The van der Waals surface area contributed by atoms with Crippen molar-refractivity contribution in [2.75, 3.05) is 33.3 Å². The number of rotatable bonds is 5. The van der Waals surface area contributed by atoms with Crippen LogP contribution < -0.4 is 4.74 Å². The Kier molecular flexibility index (Phi) is 6.27. The molecule has 8 heteroatoms. The lowest BCUT2D eigenvalue weighted by Gasteiger charge is -2.34. The van der Waals surface area contributed by atoms with Crippen LogP contribution in [0, 0.1) is 0 Å². The van der Waals surface area contributed by atoms with Crippen molar-refractivity contribution in [1.82, 2.24) is 20.0 Å². The van der Waals surface area contributed by atoms with Gasteiger partial charge < -0.3 is 9.64 Å². The Hall–Kier alpha value is -2.54. The third-order valence-corrected chi connectivity index (χ3v) is 6.01. The Morgan fingerprint density at radius 3 is 2.37 bits per heavy atom. The second-order valence-corrected chi connectivity index (χ2v) is 7.98. The normalized spacial score (nSPS) is 14.7. The van der Waals surface area contributed by atoms with E-state index in [2.05, 4.69) is 15.1 Å². The number of piperazine rings is 1. The molecule has 0 radical (unpaired) electrons. The van der Waals surface area contributed by atoms with Gasteiger partial charge in [-0.05, 0) is 42.5 Å². The molecule has 30 heavy (non-hydrogen) atoms. The summed E-state index contributed by atoms with van der Waals surface area (Å²) in [4.78, 5) is 17.0. The summed E-state index contributed by atoms with van der Waals surface area (Å²) in [6.45, 7) is 3.46. The van der Waals surface area contributed by atoms with Crippen LogP contribution in [0.5, 0.6) is 5.75 Å². The molecule has 1 aromatic heterocycles. The van der Waals surface area contributed by atoms with Crippen LogP contribution in [0.1, 0.15) is 16.1 Å². The van der Waals surface area contributed by atoms with Gasteiger partial charge in [-0.1, -0.05) is 29.3 Å². The van der Waals surface area contributed by atoms with Crippen LogP contribution in [0.4, 0.5) is 0 Å². The van der Waals surface area contributed by atoms with E-state index in [1.807, 2.05) is 47.4 Å². The molecule has 156 valence electrons. The number of nitrogens with one attached hydrogen (secondary N) is 1. The summed E-state index contributed by atoms with van der Waals surface area (Å²) < 4.78 is 5.18. The second kappa shape index (κ2) is 9.08. The Labute approximate surface area is 185 Å². The van der Waals surface area contributed by atoms with Crippen LogP contribution >= 0.6 is 23.2 Å². The number of hydrogen-bond donors (Lipinski definition) is 1. The van der Waals surface area contributed by atoms with E-state index in [1.165, 1.54) is 0 Å². The molecule has 0 spiro atoms. The maximum absolute atomic E-state index is 12.9. The highest BCUT2D eigenvalue weighted by molar-refractivity contribution is 6.35. The molecule has 4 rings (SSSR count). The van der Waals surface area contributed by atoms with Crippen LogP contribution in [0.3, 0.4) is 0 Å². The summed E-state index contributed by atoms with van der Waals surface area (Å²) in [5.74, 6) is 0.735. The van der Waals surface area contributed by atoms with E-state index in [-0.39, 0.29) is 5.91 Å². The van der Waals surface area contributed by atoms with Crippen LogP contribution in [0.2, 0.25) is 10.0 Å². The van der Waals surface area contributed by atoms with Gasteiger partial charge in [0, 0.05) is 53.9 Å². The van der Waals surface area contributed by atoms with Gasteiger partial charge in [-0.25, -0.2) is 0 Å². The molecule has 2 aromatic carbocycles. The molecule has 3 aromatic rings. The fourth-order valence-corrected chi connectivity index (χ4v) is 4.04. The molecule has 1 aliphatic heterocycles. The number of amides is 1. The summed E-state index contributed by atoms with van der Waals surface area (Å²) in [5.41, 5.74) is 3.07. The monoisotopic (exact) mass is 444 g/mol.